The zero-order valence-electron chi connectivity index (χ0n) is 36.0. The van der Waals surface area contributed by atoms with Gasteiger partial charge in [0.25, 0.3) is 11.8 Å². The van der Waals surface area contributed by atoms with Crippen molar-refractivity contribution in [2.75, 3.05) is 48.0 Å². The predicted molar refractivity (Wildman–Crippen MR) is 231 cm³/mol. The molecule has 0 radical (unpaired) electrons. The van der Waals surface area contributed by atoms with Gasteiger partial charge in [0.1, 0.15) is 11.4 Å². The maximum absolute atomic E-state index is 16.0. The van der Waals surface area contributed by atoms with Crippen LogP contribution in [0, 0.1) is 17.7 Å². The third-order valence-electron chi connectivity index (χ3n) is 13.3. The summed E-state index contributed by atoms with van der Waals surface area (Å²) in [5.74, 6) is -0.0573. The Labute approximate surface area is 357 Å². The predicted octanol–water partition coefficient (Wildman–Crippen LogP) is 8.24. The van der Waals surface area contributed by atoms with E-state index in [1.165, 1.54) is 28.3 Å². The number of carbonyl (C=O) groups is 3. The van der Waals surface area contributed by atoms with Crippen molar-refractivity contribution in [3.05, 3.63) is 104 Å². The molecule has 4 amide bonds. The van der Waals surface area contributed by atoms with Gasteiger partial charge >= 0.3 is 6.03 Å². The molecule has 5 aliphatic rings. The van der Waals surface area contributed by atoms with E-state index < -0.39 is 17.6 Å². The van der Waals surface area contributed by atoms with E-state index in [-0.39, 0.29) is 39.6 Å². The summed E-state index contributed by atoms with van der Waals surface area (Å²) >= 11 is 7.20. The Balaban J connectivity index is 1.11. The molecule has 3 heterocycles. The highest BCUT2D eigenvalue weighted by atomic mass is 35.5. The lowest BCUT2D eigenvalue weighted by Crippen LogP contribution is -2.60. The van der Waals surface area contributed by atoms with Gasteiger partial charge in [-0.15, -0.1) is 0 Å². The van der Waals surface area contributed by atoms with Crippen molar-refractivity contribution in [1.82, 2.24) is 30.3 Å². The van der Waals surface area contributed by atoms with Crippen molar-refractivity contribution in [2.45, 2.75) is 84.1 Å². The fourth-order valence-corrected chi connectivity index (χ4v) is 10.1. The van der Waals surface area contributed by atoms with Crippen LogP contribution in [-0.2, 0) is 20.7 Å². The molecule has 2 aliphatic heterocycles. The highest BCUT2D eigenvalue weighted by Crippen LogP contribution is 2.57. The minimum atomic E-state index is -0.578. The standard InChI is InChI=1S/C47H56ClFN6O5/c1-10-38-53(6)25-34(45(57)54(38)7)43(56)50-36-23-26(3)22-33(27(36)4)41-35(49)15-14-31(42(41)48)37-24-29-12-13-32(40(29)44(51-37)60-9)39-28(5)30(39)16-17-47(11-2)18-19-55(20-21-59-8)46(58)52-47/h14-15,23-26,30,32H,1,11-13,16-22H2,2-9H3,(H,50,56)(H,52,58)/t26?,30?,32?,47-/m0/s1. The number of hydrogen-bond acceptors (Lipinski definition) is 7. The van der Waals surface area contributed by atoms with Gasteiger partial charge in [0, 0.05) is 80.3 Å². The van der Waals surface area contributed by atoms with Gasteiger partial charge in [0.2, 0.25) is 5.88 Å². The summed E-state index contributed by atoms with van der Waals surface area (Å²) in [6.45, 7) is 13.7. The van der Waals surface area contributed by atoms with Gasteiger partial charge in [0.05, 0.1) is 24.4 Å². The lowest BCUT2D eigenvalue weighted by atomic mass is 9.83. The number of methoxy groups -OCH3 is 2. The molecule has 0 bridgehead atoms. The second kappa shape index (κ2) is 17.1. The Morgan fingerprint density at radius 3 is 2.67 bits per heavy atom. The largest absolute Gasteiger partial charge is 0.481 e. The van der Waals surface area contributed by atoms with E-state index in [4.69, 9.17) is 26.1 Å². The molecule has 2 aromatic rings. The smallest absolute Gasteiger partial charge is 0.317 e. The average molecular weight is 839 g/mol. The van der Waals surface area contributed by atoms with Crippen molar-refractivity contribution in [2.24, 2.45) is 11.8 Å². The number of aryl methyl sites for hydroxylation is 1. The molecule has 60 heavy (non-hydrogen) atoms. The molecule has 0 spiro atoms. The van der Waals surface area contributed by atoms with Crippen LogP contribution in [0.2, 0.25) is 5.02 Å². The van der Waals surface area contributed by atoms with E-state index in [1.54, 1.807) is 39.3 Å². The van der Waals surface area contributed by atoms with Gasteiger partial charge in [-0.3, -0.25) is 14.5 Å². The lowest BCUT2D eigenvalue weighted by Gasteiger charge is -2.42. The number of rotatable bonds is 13. The second-order valence-electron chi connectivity index (χ2n) is 16.8. The van der Waals surface area contributed by atoms with Crippen molar-refractivity contribution in [3.63, 3.8) is 0 Å². The Morgan fingerprint density at radius 2 is 1.98 bits per heavy atom. The topological polar surface area (TPSA) is 116 Å². The van der Waals surface area contributed by atoms with Crippen LogP contribution in [0.4, 0.5) is 9.18 Å². The van der Waals surface area contributed by atoms with E-state index >= 15 is 4.39 Å². The van der Waals surface area contributed by atoms with Crippen LogP contribution in [0.3, 0.4) is 0 Å². The summed E-state index contributed by atoms with van der Waals surface area (Å²) < 4.78 is 27.2. The van der Waals surface area contributed by atoms with Crippen LogP contribution in [-0.4, -0.2) is 91.1 Å². The summed E-state index contributed by atoms with van der Waals surface area (Å²) in [5, 5.41) is 6.50. The molecule has 0 saturated carbocycles. The molecule has 1 fully saturated rings. The maximum atomic E-state index is 16.0. The van der Waals surface area contributed by atoms with E-state index in [0.717, 1.165) is 56.2 Å². The van der Waals surface area contributed by atoms with Crippen molar-refractivity contribution >= 4 is 35.0 Å². The fraction of sp³-hybridized carbons (Fsp3) is 0.468. The van der Waals surface area contributed by atoms with E-state index in [0.29, 0.717) is 65.3 Å². The number of hydrogen-bond donors (Lipinski definition) is 2. The Hall–Kier alpha value is -5.16. The molecular formula is C47H56ClFN6O5. The van der Waals surface area contributed by atoms with Gasteiger partial charge in [-0.2, -0.15) is 0 Å². The number of benzene rings is 1. The van der Waals surface area contributed by atoms with Crippen LogP contribution in [0.5, 0.6) is 5.88 Å². The SMILES string of the molecule is C=C=C1N(C)C=C(C(=O)NC2=CC(C)CC(c3c(F)ccc(-c4cc5c(c(OC)n4)C(C4=C(C)C4CC[C@@]4(CC)CCN(CCOC)C(=O)N4)CC5)c3Cl)=C2C)C(=O)N1C. The summed E-state index contributed by atoms with van der Waals surface area (Å²) in [4.78, 5) is 49.4. The monoisotopic (exact) mass is 838 g/mol. The van der Waals surface area contributed by atoms with Crippen LogP contribution in [0.15, 0.2) is 76.6 Å². The molecule has 318 valence electrons. The van der Waals surface area contributed by atoms with Crippen molar-refractivity contribution < 1.29 is 28.2 Å². The van der Waals surface area contributed by atoms with Crippen LogP contribution >= 0.6 is 11.6 Å². The van der Waals surface area contributed by atoms with Gasteiger partial charge in [0.15, 0.2) is 5.82 Å². The first-order valence-corrected chi connectivity index (χ1v) is 21.2. The van der Waals surface area contributed by atoms with Gasteiger partial charge in [-0.1, -0.05) is 55.0 Å². The quantitative estimate of drug-likeness (QED) is 0.119. The highest BCUT2D eigenvalue weighted by molar-refractivity contribution is 6.35. The summed E-state index contributed by atoms with van der Waals surface area (Å²) in [6.07, 6.45) is 9.35. The molecule has 1 aromatic carbocycles. The molecule has 2 N–H and O–H groups in total. The van der Waals surface area contributed by atoms with Gasteiger partial charge in [-0.25, -0.2) is 14.2 Å². The van der Waals surface area contributed by atoms with E-state index in [9.17, 15) is 14.4 Å². The number of fused-ring (bicyclic) bond motifs is 1. The zero-order valence-corrected chi connectivity index (χ0v) is 36.7. The summed E-state index contributed by atoms with van der Waals surface area (Å²) in [5.41, 5.74) is 10.8. The number of allylic oxidation sites excluding steroid dienone is 5. The molecule has 1 aromatic heterocycles. The first kappa shape index (κ1) is 42.9. The number of aromatic nitrogens is 1. The Kier molecular flexibility index (Phi) is 12.2. The Bertz CT molecular complexity index is 2330. The van der Waals surface area contributed by atoms with Crippen molar-refractivity contribution in [3.8, 4) is 17.1 Å². The molecule has 3 unspecified atom stereocenters. The van der Waals surface area contributed by atoms with E-state index in [2.05, 4.69) is 42.9 Å². The molecule has 7 rings (SSSR count). The molecule has 4 atom stereocenters. The number of likely N-dealkylation sites (N-methyl/N-ethyl adjacent to an activating group) is 1. The number of halogens is 2. The number of ether oxygens (including phenoxy) is 2. The molecule has 13 heteroatoms. The minimum absolute atomic E-state index is 0.00898. The maximum Gasteiger partial charge on any atom is 0.317 e. The minimum Gasteiger partial charge on any atom is -0.481 e. The molecule has 1 saturated heterocycles. The van der Waals surface area contributed by atoms with Crippen LogP contribution in [0.1, 0.15) is 88.8 Å². The van der Waals surface area contributed by atoms with Crippen molar-refractivity contribution in [1.29, 1.82) is 0 Å². The summed E-state index contributed by atoms with van der Waals surface area (Å²) in [6, 6.07) is 5.14. The van der Waals surface area contributed by atoms with Gasteiger partial charge in [-0.05, 0) is 99.6 Å². The molecule has 11 nitrogen and oxygen atoms in total. The van der Waals surface area contributed by atoms with Gasteiger partial charge < -0.3 is 29.9 Å². The van der Waals surface area contributed by atoms with E-state index in [1.807, 2.05) is 24.8 Å². The number of nitrogens with one attached hydrogen (secondary N) is 2. The number of amides is 4. The molecular weight excluding hydrogens is 783 g/mol. The Morgan fingerprint density at radius 1 is 1.22 bits per heavy atom. The van der Waals surface area contributed by atoms with Crippen LogP contribution < -0.4 is 15.4 Å². The summed E-state index contributed by atoms with van der Waals surface area (Å²) in [7, 11) is 6.56. The fourth-order valence-electron chi connectivity index (χ4n) is 9.77. The highest BCUT2D eigenvalue weighted by Gasteiger charge is 2.45. The third kappa shape index (κ3) is 7.81. The number of nitrogens with zero attached hydrogens (tertiary/aromatic N) is 4. The zero-order chi connectivity index (χ0) is 43.2. The lowest BCUT2D eigenvalue weighted by molar-refractivity contribution is -0.129. The normalized spacial score (nSPS) is 24.0. The average Bonchev–Trinajstić information content (AvgIpc) is 3.66. The number of urea groups is 1. The first-order chi connectivity index (χ1) is 28.7. The number of pyridine rings is 1. The number of carbonyl (C=O) groups excluding carboxylic acids is 3. The van der Waals surface area contributed by atoms with Crippen LogP contribution in [0.25, 0.3) is 16.8 Å². The second-order valence-corrected chi connectivity index (χ2v) is 17.2. The molecule has 3 aliphatic carbocycles. The third-order valence-corrected chi connectivity index (χ3v) is 13.7. The first-order valence-electron chi connectivity index (χ1n) is 20.9.